The summed E-state index contributed by atoms with van der Waals surface area (Å²) in [5.74, 6) is 1.21. The maximum Gasteiger partial charge on any atom is 0.150 e. The van der Waals surface area contributed by atoms with Crippen LogP contribution < -0.4 is 5.32 Å². The standard InChI is InChI=1S/C13H29NO2S/c1-6-13(5,11-14-10-12(3)4)8-9-17(15,16)7-2/h12,14H,6-11H2,1-5H3. The molecule has 0 rings (SSSR count). The summed E-state index contributed by atoms with van der Waals surface area (Å²) in [6, 6.07) is 0. The van der Waals surface area contributed by atoms with Crippen LogP contribution in [0, 0.1) is 11.3 Å². The quantitative estimate of drug-likeness (QED) is 0.695. The van der Waals surface area contributed by atoms with Crippen LogP contribution in [0.3, 0.4) is 0 Å². The SMILES string of the molecule is CCC(C)(CCS(=O)(=O)CC)CNCC(C)C. The molecule has 0 saturated carbocycles. The van der Waals surface area contributed by atoms with E-state index in [4.69, 9.17) is 0 Å². The third kappa shape index (κ3) is 7.77. The van der Waals surface area contributed by atoms with Gasteiger partial charge in [-0.2, -0.15) is 0 Å². The zero-order chi connectivity index (χ0) is 13.5. The Morgan fingerprint density at radius 3 is 2.24 bits per heavy atom. The molecular weight excluding hydrogens is 234 g/mol. The van der Waals surface area contributed by atoms with E-state index in [1.807, 2.05) is 0 Å². The van der Waals surface area contributed by atoms with Crippen molar-refractivity contribution in [3.63, 3.8) is 0 Å². The Labute approximate surface area is 107 Å². The summed E-state index contributed by atoms with van der Waals surface area (Å²) in [5, 5.41) is 3.44. The van der Waals surface area contributed by atoms with Crippen LogP contribution in [0.5, 0.6) is 0 Å². The highest BCUT2D eigenvalue weighted by molar-refractivity contribution is 7.91. The van der Waals surface area contributed by atoms with Crippen molar-refractivity contribution in [3.05, 3.63) is 0 Å². The minimum absolute atomic E-state index is 0.0944. The molecule has 0 bridgehead atoms. The summed E-state index contributed by atoms with van der Waals surface area (Å²) in [5.41, 5.74) is 0.0944. The molecule has 0 saturated heterocycles. The third-order valence-electron chi connectivity index (χ3n) is 3.41. The Hall–Kier alpha value is -0.0900. The lowest BCUT2D eigenvalue weighted by Crippen LogP contribution is -2.35. The first-order valence-corrected chi connectivity index (χ1v) is 8.48. The van der Waals surface area contributed by atoms with Crippen LogP contribution in [-0.4, -0.2) is 33.0 Å². The zero-order valence-corrected chi connectivity index (χ0v) is 12.9. The highest BCUT2D eigenvalue weighted by Gasteiger charge is 2.24. The van der Waals surface area contributed by atoms with Gasteiger partial charge >= 0.3 is 0 Å². The predicted octanol–water partition coefficient (Wildman–Crippen LogP) is 2.47. The van der Waals surface area contributed by atoms with Gasteiger partial charge in [-0.05, 0) is 30.7 Å². The summed E-state index contributed by atoms with van der Waals surface area (Å²) in [6.45, 7) is 12.3. The Morgan fingerprint density at radius 2 is 1.82 bits per heavy atom. The molecule has 3 nitrogen and oxygen atoms in total. The summed E-state index contributed by atoms with van der Waals surface area (Å²) >= 11 is 0. The molecule has 0 aromatic rings. The van der Waals surface area contributed by atoms with Crippen molar-refractivity contribution < 1.29 is 8.42 Å². The second kappa shape index (κ2) is 7.37. The number of hydrogen-bond donors (Lipinski definition) is 1. The van der Waals surface area contributed by atoms with Crippen LogP contribution in [-0.2, 0) is 9.84 Å². The van der Waals surface area contributed by atoms with Gasteiger partial charge in [0.1, 0.15) is 9.84 Å². The van der Waals surface area contributed by atoms with E-state index in [0.717, 1.165) is 25.9 Å². The smallest absolute Gasteiger partial charge is 0.150 e. The molecule has 0 aliphatic heterocycles. The fourth-order valence-corrected chi connectivity index (χ4v) is 2.69. The molecule has 0 heterocycles. The largest absolute Gasteiger partial charge is 0.316 e. The Balaban J connectivity index is 4.19. The summed E-state index contributed by atoms with van der Waals surface area (Å²) in [7, 11) is -2.83. The molecule has 0 aromatic carbocycles. The van der Waals surface area contributed by atoms with Gasteiger partial charge in [0.15, 0.2) is 0 Å². The van der Waals surface area contributed by atoms with E-state index in [1.165, 1.54) is 0 Å². The molecule has 0 fully saturated rings. The molecule has 1 N–H and O–H groups in total. The molecule has 1 unspecified atom stereocenters. The normalized spacial score (nSPS) is 16.1. The van der Waals surface area contributed by atoms with E-state index in [0.29, 0.717) is 11.7 Å². The average molecular weight is 263 g/mol. The van der Waals surface area contributed by atoms with Crippen LogP contribution in [0.25, 0.3) is 0 Å². The van der Waals surface area contributed by atoms with Crippen molar-refractivity contribution in [2.75, 3.05) is 24.6 Å². The van der Waals surface area contributed by atoms with Crippen molar-refractivity contribution in [2.45, 2.75) is 47.5 Å². The second-order valence-electron chi connectivity index (χ2n) is 5.68. The molecule has 0 aliphatic carbocycles. The van der Waals surface area contributed by atoms with Gasteiger partial charge in [0, 0.05) is 12.3 Å². The fraction of sp³-hybridized carbons (Fsp3) is 1.00. The van der Waals surface area contributed by atoms with Gasteiger partial charge in [0.25, 0.3) is 0 Å². The van der Waals surface area contributed by atoms with Crippen molar-refractivity contribution in [1.82, 2.24) is 5.32 Å². The fourth-order valence-electron chi connectivity index (χ4n) is 1.60. The van der Waals surface area contributed by atoms with E-state index in [9.17, 15) is 8.42 Å². The first-order valence-electron chi connectivity index (χ1n) is 6.66. The van der Waals surface area contributed by atoms with Crippen LogP contribution in [0.4, 0.5) is 0 Å². The van der Waals surface area contributed by atoms with Gasteiger partial charge in [-0.15, -0.1) is 0 Å². The molecule has 0 radical (unpaired) electrons. The lowest BCUT2D eigenvalue weighted by Gasteiger charge is -2.29. The summed E-state index contributed by atoms with van der Waals surface area (Å²) in [6.07, 6.45) is 1.77. The topological polar surface area (TPSA) is 46.2 Å². The second-order valence-corrected chi connectivity index (χ2v) is 8.15. The molecule has 104 valence electrons. The molecule has 0 amide bonds. The molecule has 0 aliphatic rings. The van der Waals surface area contributed by atoms with Gasteiger partial charge < -0.3 is 5.32 Å². The molecule has 17 heavy (non-hydrogen) atoms. The van der Waals surface area contributed by atoms with Crippen molar-refractivity contribution in [3.8, 4) is 0 Å². The van der Waals surface area contributed by atoms with Crippen molar-refractivity contribution in [2.24, 2.45) is 11.3 Å². The highest BCUT2D eigenvalue weighted by atomic mass is 32.2. The monoisotopic (exact) mass is 263 g/mol. The van der Waals surface area contributed by atoms with E-state index in [2.05, 4.69) is 33.0 Å². The highest BCUT2D eigenvalue weighted by Crippen LogP contribution is 2.25. The predicted molar refractivity (Wildman–Crippen MR) is 75.1 cm³/mol. The Kier molecular flexibility index (Phi) is 7.33. The maximum atomic E-state index is 11.5. The number of sulfone groups is 1. The number of hydrogen-bond acceptors (Lipinski definition) is 3. The van der Waals surface area contributed by atoms with E-state index < -0.39 is 9.84 Å². The Bertz CT molecular complexity index is 299. The first-order chi connectivity index (χ1) is 7.74. The molecule has 1 atom stereocenters. The average Bonchev–Trinajstić information content (AvgIpc) is 2.26. The summed E-state index contributed by atoms with van der Waals surface area (Å²) < 4.78 is 23.0. The van der Waals surface area contributed by atoms with Gasteiger partial charge in [-0.1, -0.05) is 34.6 Å². The first kappa shape index (κ1) is 16.9. The van der Waals surface area contributed by atoms with Crippen LogP contribution in [0.1, 0.15) is 47.5 Å². The molecule has 0 spiro atoms. The zero-order valence-electron chi connectivity index (χ0n) is 12.0. The molecule has 0 aromatic heterocycles. The lowest BCUT2D eigenvalue weighted by atomic mass is 9.84. The van der Waals surface area contributed by atoms with Crippen LogP contribution in [0.2, 0.25) is 0 Å². The van der Waals surface area contributed by atoms with E-state index in [1.54, 1.807) is 6.92 Å². The third-order valence-corrected chi connectivity index (χ3v) is 5.12. The van der Waals surface area contributed by atoms with Crippen LogP contribution >= 0.6 is 0 Å². The van der Waals surface area contributed by atoms with Gasteiger partial charge in [-0.3, -0.25) is 0 Å². The number of rotatable bonds is 9. The molecule has 4 heteroatoms. The van der Waals surface area contributed by atoms with Gasteiger partial charge in [0.2, 0.25) is 0 Å². The van der Waals surface area contributed by atoms with E-state index in [-0.39, 0.29) is 11.2 Å². The van der Waals surface area contributed by atoms with E-state index >= 15 is 0 Å². The molecular formula is C13H29NO2S. The lowest BCUT2D eigenvalue weighted by molar-refractivity contribution is 0.277. The van der Waals surface area contributed by atoms with Crippen LogP contribution in [0.15, 0.2) is 0 Å². The van der Waals surface area contributed by atoms with Crippen molar-refractivity contribution >= 4 is 9.84 Å². The summed E-state index contributed by atoms with van der Waals surface area (Å²) in [4.78, 5) is 0. The van der Waals surface area contributed by atoms with Gasteiger partial charge in [-0.25, -0.2) is 8.42 Å². The van der Waals surface area contributed by atoms with Gasteiger partial charge in [0.05, 0.1) is 5.75 Å². The number of nitrogens with one attached hydrogen (secondary N) is 1. The minimum Gasteiger partial charge on any atom is -0.316 e. The minimum atomic E-state index is -2.83. The van der Waals surface area contributed by atoms with Crippen molar-refractivity contribution in [1.29, 1.82) is 0 Å². The Morgan fingerprint density at radius 1 is 1.24 bits per heavy atom. The maximum absolute atomic E-state index is 11.5.